The van der Waals surface area contributed by atoms with Gasteiger partial charge in [0.15, 0.2) is 0 Å². The molecular formula is C10H16N6O2S. The first-order valence-corrected chi connectivity index (χ1v) is 7.10. The van der Waals surface area contributed by atoms with Crippen molar-refractivity contribution >= 4 is 15.8 Å². The standard InChI is InChI=1S/C10H16N6O2S/c1-6-9(7(2)14-13-6)19(17,18)15-10-8(4-11)5-12-16(10)3/h5,15H,4,11H2,1-3H3,(H,13,14). The number of nitrogens with two attached hydrogens (primary N) is 1. The molecule has 4 N–H and O–H groups in total. The Balaban J connectivity index is 2.45. The highest BCUT2D eigenvalue weighted by Crippen LogP contribution is 2.22. The van der Waals surface area contributed by atoms with Crippen LogP contribution in [-0.2, 0) is 23.6 Å². The van der Waals surface area contributed by atoms with E-state index >= 15 is 0 Å². The van der Waals surface area contributed by atoms with Crippen molar-refractivity contribution in [1.82, 2.24) is 20.0 Å². The number of hydrogen-bond donors (Lipinski definition) is 3. The van der Waals surface area contributed by atoms with Gasteiger partial charge in [0, 0.05) is 19.2 Å². The van der Waals surface area contributed by atoms with E-state index in [2.05, 4.69) is 20.0 Å². The quantitative estimate of drug-likeness (QED) is 0.731. The van der Waals surface area contributed by atoms with Crippen LogP contribution in [-0.4, -0.2) is 28.4 Å². The number of aryl methyl sites for hydroxylation is 3. The summed E-state index contributed by atoms with van der Waals surface area (Å²) in [6.45, 7) is 3.49. The molecule has 0 bridgehead atoms. The topological polar surface area (TPSA) is 119 Å². The maximum absolute atomic E-state index is 12.4. The number of nitrogens with one attached hydrogen (secondary N) is 2. The van der Waals surface area contributed by atoms with Crippen LogP contribution >= 0.6 is 0 Å². The van der Waals surface area contributed by atoms with Gasteiger partial charge in [-0.25, -0.2) is 8.42 Å². The predicted molar refractivity (Wildman–Crippen MR) is 70.0 cm³/mol. The smallest absolute Gasteiger partial charge is 0.266 e. The van der Waals surface area contributed by atoms with Crippen molar-refractivity contribution in [2.24, 2.45) is 12.8 Å². The lowest BCUT2D eigenvalue weighted by Gasteiger charge is -2.10. The molecule has 0 atom stereocenters. The van der Waals surface area contributed by atoms with Gasteiger partial charge in [0.2, 0.25) is 0 Å². The SMILES string of the molecule is Cc1n[nH]c(C)c1S(=O)(=O)Nc1c(CN)cnn1C. The van der Waals surface area contributed by atoms with Gasteiger partial charge in [0.25, 0.3) is 10.0 Å². The number of aromatic nitrogens is 4. The molecule has 0 saturated carbocycles. The van der Waals surface area contributed by atoms with Crippen molar-refractivity contribution < 1.29 is 8.42 Å². The largest absolute Gasteiger partial charge is 0.326 e. The molecule has 0 radical (unpaired) electrons. The maximum Gasteiger partial charge on any atom is 0.266 e. The second-order valence-electron chi connectivity index (χ2n) is 4.21. The van der Waals surface area contributed by atoms with Crippen molar-refractivity contribution in [2.45, 2.75) is 25.3 Å². The molecule has 0 aliphatic carbocycles. The number of rotatable bonds is 4. The summed E-state index contributed by atoms with van der Waals surface area (Å²) in [5.41, 5.74) is 7.09. The van der Waals surface area contributed by atoms with E-state index in [0.29, 0.717) is 22.8 Å². The molecule has 0 unspecified atom stereocenters. The molecule has 0 aromatic carbocycles. The summed E-state index contributed by atoms with van der Waals surface area (Å²) >= 11 is 0. The van der Waals surface area contributed by atoms with Crippen LogP contribution in [0.3, 0.4) is 0 Å². The minimum absolute atomic E-state index is 0.150. The van der Waals surface area contributed by atoms with Crippen molar-refractivity contribution in [1.29, 1.82) is 0 Å². The second-order valence-corrected chi connectivity index (χ2v) is 5.83. The molecule has 19 heavy (non-hydrogen) atoms. The Bertz CT molecular complexity index is 680. The highest BCUT2D eigenvalue weighted by atomic mass is 32.2. The van der Waals surface area contributed by atoms with E-state index in [0.717, 1.165) is 0 Å². The summed E-state index contributed by atoms with van der Waals surface area (Å²) in [6, 6.07) is 0. The highest BCUT2D eigenvalue weighted by molar-refractivity contribution is 7.92. The maximum atomic E-state index is 12.4. The van der Waals surface area contributed by atoms with E-state index in [1.54, 1.807) is 20.9 Å². The molecule has 0 saturated heterocycles. The molecule has 2 rings (SSSR count). The second kappa shape index (κ2) is 4.67. The zero-order valence-electron chi connectivity index (χ0n) is 10.9. The number of nitrogens with zero attached hydrogens (tertiary/aromatic N) is 3. The molecule has 8 nitrogen and oxygen atoms in total. The molecule has 0 amide bonds. The fraction of sp³-hybridized carbons (Fsp3) is 0.400. The van der Waals surface area contributed by atoms with Gasteiger partial charge in [0.05, 0.1) is 17.6 Å². The Kier molecular flexibility index (Phi) is 3.33. The van der Waals surface area contributed by atoms with Crippen molar-refractivity contribution in [2.75, 3.05) is 4.72 Å². The Morgan fingerprint density at radius 1 is 1.47 bits per heavy atom. The van der Waals surface area contributed by atoms with Crippen LogP contribution in [0.15, 0.2) is 11.1 Å². The van der Waals surface area contributed by atoms with Crippen LogP contribution in [0, 0.1) is 13.8 Å². The van der Waals surface area contributed by atoms with Crippen LogP contribution in [0.2, 0.25) is 0 Å². The lowest BCUT2D eigenvalue weighted by atomic mass is 10.3. The highest BCUT2D eigenvalue weighted by Gasteiger charge is 2.24. The van der Waals surface area contributed by atoms with Gasteiger partial charge in [-0.05, 0) is 13.8 Å². The first kappa shape index (κ1) is 13.6. The molecule has 0 spiro atoms. The van der Waals surface area contributed by atoms with Gasteiger partial charge in [-0.1, -0.05) is 0 Å². The molecular weight excluding hydrogens is 268 g/mol. The molecule has 9 heteroatoms. The lowest BCUT2D eigenvalue weighted by Crippen LogP contribution is -2.18. The number of anilines is 1. The number of sulfonamides is 1. The molecule has 0 fully saturated rings. The fourth-order valence-corrected chi connectivity index (χ4v) is 3.38. The monoisotopic (exact) mass is 284 g/mol. The predicted octanol–water partition coefficient (Wildman–Crippen LogP) is 0.0195. The molecule has 2 heterocycles. The number of H-pyrrole nitrogens is 1. The van der Waals surface area contributed by atoms with E-state index in [1.165, 1.54) is 10.9 Å². The van der Waals surface area contributed by atoms with Gasteiger partial charge in [0.1, 0.15) is 10.7 Å². The summed E-state index contributed by atoms with van der Waals surface area (Å²) in [5, 5.41) is 10.5. The van der Waals surface area contributed by atoms with Gasteiger partial charge < -0.3 is 5.73 Å². The van der Waals surface area contributed by atoms with Crippen molar-refractivity contribution in [3.8, 4) is 0 Å². The van der Waals surface area contributed by atoms with Crippen LogP contribution in [0.4, 0.5) is 5.82 Å². The van der Waals surface area contributed by atoms with Crippen LogP contribution in [0.5, 0.6) is 0 Å². The van der Waals surface area contributed by atoms with E-state index in [1.807, 2.05) is 0 Å². The summed E-state index contributed by atoms with van der Waals surface area (Å²) in [7, 11) is -2.07. The normalized spacial score (nSPS) is 11.8. The molecule has 0 aliphatic rings. The van der Waals surface area contributed by atoms with Crippen LogP contribution < -0.4 is 10.5 Å². The molecule has 2 aromatic rings. The zero-order chi connectivity index (χ0) is 14.2. The Labute approximate surface area is 111 Å². The minimum Gasteiger partial charge on any atom is -0.326 e. The fourth-order valence-electron chi connectivity index (χ4n) is 1.88. The third-order valence-electron chi connectivity index (χ3n) is 2.79. The number of hydrogen-bond acceptors (Lipinski definition) is 5. The molecule has 104 valence electrons. The van der Waals surface area contributed by atoms with Gasteiger partial charge in [-0.15, -0.1) is 0 Å². The van der Waals surface area contributed by atoms with E-state index in [9.17, 15) is 8.42 Å². The summed E-state index contributed by atoms with van der Waals surface area (Å²) < 4.78 is 28.7. The zero-order valence-corrected chi connectivity index (χ0v) is 11.7. The lowest BCUT2D eigenvalue weighted by molar-refractivity contribution is 0.599. The molecule has 2 aromatic heterocycles. The van der Waals surface area contributed by atoms with Gasteiger partial charge in [-0.2, -0.15) is 10.2 Å². The summed E-state index contributed by atoms with van der Waals surface area (Å²) in [5.74, 6) is 0.363. The first-order chi connectivity index (χ1) is 8.86. The Hall–Kier alpha value is -1.87. The van der Waals surface area contributed by atoms with Crippen LogP contribution in [0.1, 0.15) is 17.0 Å². The third kappa shape index (κ3) is 2.34. The van der Waals surface area contributed by atoms with E-state index in [-0.39, 0.29) is 11.4 Å². The van der Waals surface area contributed by atoms with Crippen LogP contribution in [0.25, 0.3) is 0 Å². The van der Waals surface area contributed by atoms with Crippen molar-refractivity contribution in [3.05, 3.63) is 23.1 Å². The number of aromatic amines is 1. The van der Waals surface area contributed by atoms with E-state index < -0.39 is 10.0 Å². The average Bonchev–Trinajstić information content (AvgIpc) is 2.84. The first-order valence-electron chi connectivity index (χ1n) is 5.62. The average molecular weight is 284 g/mol. The van der Waals surface area contributed by atoms with Gasteiger partial charge >= 0.3 is 0 Å². The minimum atomic E-state index is -3.72. The Morgan fingerprint density at radius 2 is 2.16 bits per heavy atom. The third-order valence-corrected chi connectivity index (χ3v) is 4.40. The molecule has 0 aliphatic heterocycles. The van der Waals surface area contributed by atoms with Gasteiger partial charge in [-0.3, -0.25) is 14.5 Å². The van der Waals surface area contributed by atoms with E-state index in [4.69, 9.17) is 5.73 Å². The summed E-state index contributed by atoms with van der Waals surface area (Å²) in [6.07, 6.45) is 1.53. The Morgan fingerprint density at radius 3 is 2.68 bits per heavy atom. The van der Waals surface area contributed by atoms with Crippen molar-refractivity contribution in [3.63, 3.8) is 0 Å². The summed E-state index contributed by atoms with van der Waals surface area (Å²) in [4.78, 5) is 0.150.